The van der Waals surface area contributed by atoms with E-state index in [1.54, 1.807) is 31.2 Å². The third-order valence-corrected chi connectivity index (χ3v) is 14.8. The predicted octanol–water partition coefficient (Wildman–Crippen LogP) is 15.0. The Bertz CT molecular complexity index is 4640. The van der Waals surface area contributed by atoms with Gasteiger partial charge in [-0.15, -0.1) is 0 Å². The second-order valence-electron chi connectivity index (χ2n) is 20.7. The number of halogens is 3. The van der Waals surface area contributed by atoms with Gasteiger partial charge in [0, 0.05) is 49.5 Å². The first-order valence-corrected chi connectivity index (χ1v) is 26.6. The zero-order chi connectivity index (χ0) is 57.7. The minimum absolute atomic E-state index is 0.0387. The molecule has 0 bridgehead atoms. The number of aromatic nitrogens is 14. The van der Waals surface area contributed by atoms with Crippen LogP contribution in [0.1, 0.15) is 57.7 Å². The maximum absolute atomic E-state index is 15.2. The van der Waals surface area contributed by atoms with Gasteiger partial charge in [0.1, 0.15) is 46.6 Å². The van der Waals surface area contributed by atoms with Gasteiger partial charge in [-0.1, -0.05) is 24.3 Å². The van der Waals surface area contributed by atoms with Crippen LogP contribution in [0.2, 0.25) is 0 Å². The first kappa shape index (κ1) is 51.9. The summed E-state index contributed by atoms with van der Waals surface area (Å²) in [7, 11) is 0. The SMILES string of the molecule is [C-]#[N+]c1ccc(-n2c3ccc(-c4nc(C)nc(C)n4)cc3c3cc(-c4nc(C)nc(C)n4)ccc32)cc1-c1cc(-c2c(C)cccc2C(F)(F)F)ccc1-n1c2ccc(-c3nc(C)nc(C)n3)cc2c2cc(-c3nc(C)nc(C)n3)ccc21. The molecule has 0 fully saturated rings. The molecule has 18 heteroatoms. The molecule has 0 spiro atoms. The van der Waals surface area contributed by atoms with E-state index in [1.165, 1.54) is 6.07 Å². The summed E-state index contributed by atoms with van der Waals surface area (Å²) >= 11 is 0. The van der Waals surface area contributed by atoms with Gasteiger partial charge < -0.3 is 9.13 Å². The Kier molecular flexibility index (Phi) is 12.3. The fourth-order valence-corrected chi connectivity index (χ4v) is 11.5. The Morgan fingerprint density at radius 1 is 0.373 bits per heavy atom. The minimum Gasteiger partial charge on any atom is -0.309 e. The molecule has 0 aliphatic heterocycles. The highest BCUT2D eigenvalue weighted by Gasteiger charge is 2.35. The maximum atomic E-state index is 15.2. The molecule has 0 aliphatic rings. The van der Waals surface area contributed by atoms with E-state index in [0.29, 0.717) is 104 Å². The van der Waals surface area contributed by atoms with Crippen LogP contribution < -0.4 is 0 Å². The van der Waals surface area contributed by atoms with Crippen molar-refractivity contribution >= 4 is 49.3 Å². The normalized spacial score (nSPS) is 11.8. The van der Waals surface area contributed by atoms with Crippen molar-refractivity contribution < 1.29 is 13.2 Å². The van der Waals surface area contributed by atoms with Gasteiger partial charge in [0.15, 0.2) is 29.0 Å². The van der Waals surface area contributed by atoms with E-state index >= 15 is 13.2 Å². The summed E-state index contributed by atoms with van der Waals surface area (Å²) < 4.78 is 49.8. The Labute approximate surface area is 473 Å². The van der Waals surface area contributed by atoms with E-state index in [2.05, 4.69) is 46.0 Å². The van der Waals surface area contributed by atoms with Crippen molar-refractivity contribution in [2.24, 2.45) is 0 Å². The van der Waals surface area contributed by atoms with Gasteiger partial charge >= 0.3 is 6.18 Å². The third kappa shape index (κ3) is 9.21. The number of hydrogen-bond acceptors (Lipinski definition) is 12. The number of nitrogens with zero attached hydrogens (tertiary/aromatic N) is 15. The fourth-order valence-electron chi connectivity index (χ4n) is 11.5. The van der Waals surface area contributed by atoms with E-state index < -0.39 is 11.7 Å². The quantitative estimate of drug-likeness (QED) is 0.132. The lowest BCUT2D eigenvalue weighted by Crippen LogP contribution is -2.08. The van der Waals surface area contributed by atoms with Gasteiger partial charge in [-0.2, -0.15) is 13.2 Å². The highest BCUT2D eigenvalue weighted by Crippen LogP contribution is 2.47. The Balaban J connectivity index is 1.10. The highest BCUT2D eigenvalue weighted by atomic mass is 19.4. The van der Waals surface area contributed by atoms with Crippen LogP contribution in [0.5, 0.6) is 0 Å². The molecule has 0 N–H and O–H groups in total. The third-order valence-electron chi connectivity index (χ3n) is 14.8. The Hall–Kier alpha value is -10.5. The lowest BCUT2D eigenvalue weighted by Gasteiger charge is -2.20. The van der Waals surface area contributed by atoms with Gasteiger partial charge in [-0.3, -0.25) is 0 Å². The van der Waals surface area contributed by atoms with Gasteiger partial charge in [0.05, 0.1) is 39.9 Å². The average molecular weight is 1100 g/mol. The summed E-state index contributed by atoms with van der Waals surface area (Å²) in [5.74, 6) is 6.74. The zero-order valence-corrected chi connectivity index (χ0v) is 46.5. The molecular formula is C65H48F3N15. The molecule has 6 aromatic heterocycles. The van der Waals surface area contributed by atoms with E-state index in [-0.39, 0.29) is 11.3 Å². The zero-order valence-electron chi connectivity index (χ0n) is 46.5. The van der Waals surface area contributed by atoms with Crippen LogP contribution in [-0.2, 0) is 6.18 Å². The first-order valence-electron chi connectivity index (χ1n) is 26.6. The summed E-state index contributed by atoms with van der Waals surface area (Å²) in [6, 6.07) is 39.4. The van der Waals surface area contributed by atoms with Crippen molar-refractivity contribution in [2.75, 3.05) is 0 Å². The topological polar surface area (TPSA) is 169 Å². The minimum atomic E-state index is -4.67. The molecule has 0 unspecified atom stereocenters. The number of benzene rings is 7. The summed E-state index contributed by atoms with van der Waals surface area (Å²) in [6.45, 7) is 25.1. The number of aryl methyl sites for hydroxylation is 9. The molecule has 6 heterocycles. The molecule has 0 radical (unpaired) electrons. The Morgan fingerprint density at radius 3 is 1.12 bits per heavy atom. The van der Waals surface area contributed by atoms with Gasteiger partial charge in [-0.25, -0.2) is 64.7 Å². The lowest BCUT2D eigenvalue weighted by molar-refractivity contribution is -0.137. The molecule has 7 aromatic carbocycles. The van der Waals surface area contributed by atoms with Crippen LogP contribution >= 0.6 is 0 Å². The van der Waals surface area contributed by atoms with Crippen LogP contribution in [-0.4, -0.2) is 68.9 Å². The molecule has 0 amide bonds. The van der Waals surface area contributed by atoms with Crippen LogP contribution in [0.3, 0.4) is 0 Å². The van der Waals surface area contributed by atoms with E-state index in [4.69, 9.17) is 46.4 Å². The predicted molar refractivity (Wildman–Crippen MR) is 315 cm³/mol. The van der Waals surface area contributed by atoms with Crippen molar-refractivity contribution in [2.45, 2.75) is 68.5 Å². The van der Waals surface area contributed by atoms with Crippen molar-refractivity contribution in [1.29, 1.82) is 0 Å². The maximum Gasteiger partial charge on any atom is 0.417 e. The summed E-state index contributed by atoms with van der Waals surface area (Å²) in [5.41, 5.74) is 8.90. The molecule has 13 rings (SSSR count). The number of hydrogen-bond donors (Lipinski definition) is 0. The van der Waals surface area contributed by atoms with Gasteiger partial charge in [0.25, 0.3) is 0 Å². The Morgan fingerprint density at radius 2 is 0.747 bits per heavy atom. The van der Waals surface area contributed by atoms with Crippen molar-refractivity contribution in [1.82, 2.24) is 68.9 Å². The van der Waals surface area contributed by atoms with Crippen LogP contribution in [0.25, 0.3) is 128 Å². The van der Waals surface area contributed by atoms with Crippen LogP contribution in [0.4, 0.5) is 18.9 Å². The van der Waals surface area contributed by atoms with E-state index in [1.807, 2.05) is 134 Å². The number of rotatable bonds is 8. The largest absolute Gasteiger partial charge is 0.417 e. The highest BCUT2D eigenvalue weighted by molar-refractivity contribution is 6.13. The molecule has 0 saturated carbocycles. The van der Waals surface area contributed by atoms with Crippen molar-refractivity contribution in [3.8, 4) is 79.2 Å². The number of fused-ring (bicyclic) bond motifs is 6. The summed E-state index contributed by atoms with van der Waals surface area (Å²) in [4.78, 5) is 59.5. The lowest BCUT2D eigenvalue weighted by atomic mass is 9.91. The van der Waals surface area contributed by atoms with Crippen molar-refractivity contribution in [3.05, 3.63) is 197 Å². The molecule has 83 heavy (non-hydrogen) atoms. The average Bonchev–Trinajstić information content (AvgIpc) is 4.20. The molecule has 0 aliphatic carbocycles. The molecule has 404 valence electrons. The van der Waals surface area contributed by atoms with E-state index in [9.17, 15) is 0 Å². The first-order chi connectivity index (χ1) is 39.8. The standard InChI is InChI=1S/C65H48F3N15/c1-32-12-11-13-53(65(66,67)68)60(32)41-14-21-57(83-58-24-17-44(63-78-37(6)72-38(7)79-63)29-51(58)52-30-45(18-25-59(52)83)64-80-39(8)73-40(9)81-64)48(26-41)47-31-46(19-20-54(47)69-10)82-55-22-15-42(61-74-33(2)70-34(3)75-61)27-49(55)50-28-43(16-23-56(50)82)62-76-35(4)71-36(5)77-62/h11-31H,1-9H3. The summed E-state index contributed by atoms with van der Waals surface area (Å²) in [6.07, 6.45) is -4.67. The fraction of sp³-hybridized carbons (Fsp3) is 0.154. The van der Waals surface area contributed by atoms with Crippen LogP contribution in [0, 0.1) is 68.9 Å². The summed E-state index contributed by atoms with van der Waals surface area (Å²) in [5, 5.41) is 3.42. The van der Waals surface area contributed by atoms with Crippen LogP contribution in [0.15, 0.2) is 127 Å². The monoisotopic (exact) mass is 1100 g/mol. The molecule has 15 nitrogen and oxygen atoms in total. The second-order valence-corrected chi connectivity index (χ2v) is 20.7. The van der Waals surface area contributed by atoms with E-state index in [0.717, 1.165) is 71.9 Å². The van der Waals surface area contributed by atoms with Gasteiger partial charge in [0.2, 0.25) is 0 Å². The van der Waals surface area contributed by atoms with Crippen molar-refractivity contribution in [3.63, 3.8) is 0 Å². The molecule has 0 atom stereocenters. The second kappa shape index (κ2) is 19.6. The van der Waals surface area contributed by atoms with Gasteiger partial charge in [-0.05, 0) is 193 Å². The molecule has 0 saturated heterocycles. The smallest absolute Gasteiger partial charge is 0.309 e. The number of alkyl halides is 3. The molecule has 13 aromatic rings. The molecular weight excluding hydrogens is 1050 g/mol.